The summed E-state index contributed by atoms with van der Waals surface area (Å²) in [7, 11) is -4.00. The van der Waals surface area contributed by atoms with Crippen molar-refractivity contribution < 1.29 is 17.2 Å². The summed E-state index contributed by atoms with van der Waals surface area (Å²) in [6, 6.07) is 2.41. The van der Waals surface area contributed by atoms with E-state index in [9.17, 15) is 17.2 Å². The average molecular weight is 318 g/mol. The van der Waals surface area contributed by atoms with E-state index in [4.69, 9.17) is 0 Å². The third-order valence-corrected chi connectivity index (χ3v) is 5.05. The van der Waals surface area contributed by atoms with Gasteiger partial charge >= 0.3 is 0 Å². The maximum atomic E-state index is 13.5. The van der Waals surface area contributed by atoms with Crippen molar-refractivity contribution in [2.75, 3.05) is 26.2 Å². The fourth-order valence-corrected chi connectivity index (χ4v) is 3.61. The van der Waals surface area contributed by atoms with Crippen LogP contribution in [0.5, 0.6) is 0 Å². The van der Waals surface area contributed by atoms with Gasteiger partial charge in [-0.3, -0.25) is 0 Å². The minimum absolute atomic E-state index is 0.217. The molecule has 2 rings (SSSR count). The van der Waals surface area contributed by atoms with Crippen LogP contribution in [-0.2, 0) is 10.0 Å². The van der Waals surface area contributed by atoms with E-state index in [0.717, 1.165) is 31.8 Å². The van der Waals surface area contributed by atoms with E-state index in [-0.39, 0.29) is 6.54 Å². The lowest BCUT2D eigenvalue weighted by atomic mass is 10.1. The summed E-state index contributed by atoms with van der Waals surface area (Å²) in [5.74, 6) is -1.72. The molecule has 0 atom stereocenters. The number of nitrogens with one attached hydrogen (secondary N) is 1. The molecule has 0 saturated carbocycles. The number of halogens is 2. The quantitative estimate of drug-likeness (QED) is 0.818. The maximum Gasteiger partial charge on any atom is 0.243 e. The van der Waals surface area contributed by atoms with Crippen LogP contribution < -0.4 is 4.72 Å². The molecular weight excluding hydrogens is 298 g/mol. The smallest absolute Gasteiger partial charge is 0.243 e. The number of piperidine rings is 1. The maximum absolute atomic E-state index is 13.5. The van der Waals surface area contributed by atoms with Crippen molar-refractivity contribution in [2.24, 2.45) is 0 Å². The lowest BCUT2D eigenvalue weighted by Gasteiger charge is -2.26. The van der Waals surface area contributed by atoms with Crippen molar-refractivity contribution in [1.29, 1.82) is 0 Å². The molecule has 7 heteroatoms. The topological polar surface area (TPSA) is 49.4 Å². The van der Waals surface area contributed by atoms with Gasteiger partial charge in [-0.25, -0.2) is 21.9 Å². The summed E-state index contributed by atoms with van der Waals surface area (Å²) in [5, 5.41) is 0. The van der Waals surface area contributed by atoms with Crippen molar-refractivity contribution in [1.82, 2.24) is 9.62 Å². The third kappa shape index (κ3) is 4.72. The molecule has 0 spiro atoms. The number of sulfonamides is 1. The van der Waals surface area contributed by atoms with E-state index >= 15 is 0 Å². The predicted molar refractivity (Wildman–Crippen MR) is 76.5 cm³/mol. The van der Waals surface area contributed by atoms with Crippen molar-refractivity contribution in [3.63, 3.8) is 0 Å². The zero-order chi connectivity index (χ0) is 15.3. The standard InChI is InChI=1S/C14H20F2N2O2S/c15-12-5-6-13(16)14(11-12)21(19,20)17-7-4-10-18-8-2-1-3-9-18/h5-6,11,17H,1-4,7-10H2. The summed E-state index contributed by atoms with van der Waals surface area (Å²) in [6.45, 7) is 3.12. The Morgan fingerprint density at radius 2 is 1.86 bits per heavy atom. The van der Waals surface area contributed by atoms with Gasteiger partial charge in [-0.05, 0) is 57.1 Å². The molecule has 1 aliphatic rings. The number of benzene rings is 1. The Morgan fingerprint density at radius 3 is 2.57 bits per heavy atom. The number of nitrogens with zero attached hydrogens (tertiary/aromatic N) is 1. The molecule has 1 aliphatic heterocycles. The largest absolute Gasteiger partial charge is 0.303 e. The molecule has 21 heavy (non-hydrogen) atoms. The van der Waals surface area contributed by atoms with Gasteiger partial charge < -0.3 is 4.90 Å². The summed E-state index contributed by atoms with van der Waals surface area (Å²) < 4.78 is 52.7. The normalized spacial score (nSPS) is 17.0. The Balaban J connectivity index is 1.85. The second kappa shape index (κ2) is 7.29. The first-order chi connectivity index (χ1) is 9.99. The van der Waals surface area contributed by atoms with Gasteiger partial charge in [-0.2, -0.15) is 0 Å². The molecule has 1 fully saturated rings. The van der Waals surface area contributed by atoms with Gasteiger partial charge in [0, 0.05) is 6.54 Å². The van der Waals surface area contributed by atoms with E-state index in [1.165, 1.54) is 19.3 Å². The predicted octanol–water partition coefficient (Wildman–Crippen LogP) is 2.12. The van der Waals surface area contributed by atoms with Crippen molar-refractivity contribution in [3.05, 3.63) is 29.8 Å². The molecule has 4 nitrogen and oxygen atoms in total. The monoisotopic (exact) mass is 318 g/mol. The van der Waals surface area contributed by atoms with Crippen LogP contribution in [0, 0.1) is 11.6 Å². The molecular formula is C14H20F2N2O2S. The SMILES string of the molecule is O=S(=O)(NCCCN1CCCCC1)c1cc(F)ccc1F. The molecule has 0 aliphatic carbocycles. The minimum atomic E-state index is -4.00. The minimum Gasteiger partial charge on any atom is -0.303 e. The Bertz CT molecular complexity index is 572. The molecule has 0 aromatic heterocycles. The van der Waals surface area contributed by atoms with Crippen LogP contribution >= 0.6 is 0 Å². The second-order valence-electron chi connectivity index (χ2n) is 5.23. The molecule has 118 valence electrons. The third-order valence-electron chi connectivity index (χ3n) is 3.57. The molecule has 1 aromatic rings. The number of likely N-dealkylation sites (tertiary alicyclic amines) is 1. The summed E-state index contributed by atoms with van der Waals surface area (Å²) >= 11 is 0. The van der Waals surface area contributed by atoms with Gasteiger partial charge in [0.2, 0.25) is 10.0 Å². The molecule has 0 amide bonds. The number of hydrogen-bond donors (Lipinski definition) is 1. The zero-order valence-corrected chi connectivity index (χ0v) is 12.6. The van der Waals surface area contributed by atoms with Crippen LogP contribution in [0.1, 0.15) is 25.7 Å². The lowest BCUT2D eigenvalue weighted by Crippen LogP contribution is -2.33. The van der Waals surface area contributed by atoms with Crippen LogP contribution in [-0.4, -0.2) is 39.5 Å². The zero-order valence-electron chi connectivity index (χ0n) is 11.8. The number of hydrogen-bond acceptors (Lipinski definition) is 3. The average Bonchev–Trinajstić information content (AvgIpc) is 2.47. The highest BCUT2D eigenvalue weighted by Gasteiger charge is 2.19. The Morgan fingerprint density at radius 1 is 1.14 bits per heavy atom. The molecule has 1 saturated heterocycles. The van der Waals surface area contributed by atoms with Crippen LogP contribution in [0.2, 0.25) is 0 Å². The van der Waals surface area contributed by atoms with E-state index in [1.54, 1.807) is 0 Å². The van der Waals surface area contributed by atoms with Crippen molar-refractivity contribution in [2.45, 2.75) is 30.6 Å². The Labute approximate surface area is 124 Å². The van der Waals surface area contributed by atoms with Crippen LogP contribution in [0.15, 0.2) is 23.1 Å². The molecule has 1 aromatic carbocycles. The van der Waals surface area contributed by atoms with Gasteiger partial charge in [0.1, 0.15) is 16.5 Å². The van der Waals surface area contributed by atoms with E-state index in [0.29, 0.717) is 12.5 Å². The van der Waals surface area contributed by atoms with E-state index < -0.39 is 26.6 Å². The second-order valence-corrected chi connectivity index (χ2v) is 6.96. The highest BCUT2D eigenvalue weighted by atomic mass is 32.2. The van der Waals surface area contributed by atoms with Gasteiger partial charge in [0.05, 0.1) is 0 Å². The first-order valence-corrected chi connectivity index (χ1v) is 8.64. The summed E-state index contributed by atoms with van der Waals surface area (Å²) in [6.07, 6.45) is 4.26. The Hall–Kier alpha value is -1.05. The van der Waals surface area contributed by atoms with Crippen molar-refractivity contribution in [3.8, 4) is 0 Å². The lowest BCUT2D eigenvalue weighted by molar-refractivity contribution is 0.227. The van der Waals surface area contributed by atoms with E-state index in [1.807, 2.05) is 0 Å². The highest BCUT2D eigenvalue weighted by Crippen LogP contribution is 2.15. The first-order valence-electron chi connectivity index (χ1n) is 7.16. The number of rotatable bonds is 6. The van der Waals surface area contributed by atoms with Crippen LogP contribution in [0.25, 0.3) is 0 Å². The molecule has 0 unspecified atom stereocenters. The fraction of sp³-hybridized carbons (Fsp3) is 0.571. The van der Waals surface area contributed by atoms with Crippen LogP contribution in [0.4, 0.5) is 8.78 Å². The molecule has 1 N–H and O–H groups in total. The fourth-order valence-electron chi connectivity index (χ4n) is 2.45. The molecule has 1 heterocycles. The van der Waals surface area contributed by atoms with Crippen LogP contribution in [0.3, 0.4) is 0 Å². The van der Waals surface area contributed by atoms with Gasteiger partial charge in [-0.1, -0.05) is 6.42 Å². The molecule has 0 radical (unpaired) electrons. The van der Waals surface area contributed by atoms with Gasteiger partial charge in [0.15, 0.2) is 0 Å². The van der Waals surface area contributed by atoms with Crippen molar-refractivity contribution >= 4 is 10.0 Å². The summed E-state index contributed by atoms with van der Waals surface area (Å²) in [5.41, 5.74) is 0. The van der Waals surface area contributed by atoms with Gasteiger partial charge in [0.25, 0.3) is 0 Å². The van der Waals surface area contributed by atoms with E-state index in [2.05, 4.69) is 9.62 Å². The highest BCUT2D eigenvalue weighted by molar-refractivity contribution is 7.89. The Kier molecular flexibility index (Phi) is 5.66. The molecule has 0 bridgehead atoms. The summed E-state index contributed by atoms with van der Waals surface area (Å²) in [4.78, 5) is 1.65. The van der Waals surface area contributed by atoms with Gasteiger partial charge in [-0.15, -0.1) is 0 Å². The first kappa shape index (κ1) is 16.3.